The molecule has 0 unspecified atom stereocenters. The number of aryl methyl sites for hydroxylation is 1. The summed E-state index contributed by atoms with van der Waals surface area (Å²) in [6, 6.07) is 14.2. The van der Waals surface area contributed by atoms with Crippen LogP contribution in [0.4, 0.5) is 5.69 Å². The van der Waals surface area contributed by atoms with E-state index in [2.05, 4.69) is 0 Å². The lowest BCUT2D eigenvalue weighted by atomic mass is 10.0. The van der Waals surface area contributed by atoms with Crippen LogP contribution in [0.15, 0.2) is 53.4 Å². The zero-order valence-corrected chi connectivity index (χ0v) is 12.6. The Morgan fingerprint density at radius 1 is 1.05 bits per heavy atom. The highest BCUT2D eigenvalue weighted by Crippen LogP contribution is 2.32. The number of benzene rings is 2. The average Bonchev–Trinajstić information content (AvgIpc) is 2.54. The van der Waals surface area contributed by atoms with Crippen LogP contribution in [0.25, 0.3) is 0 Å². The number of hydrogen-bond acceptors (Lipinski definition) is 3. The number of fused-ring (bicyclic) bond motifs is 1. The highest BCUT2D eigenvalue weighted by molar-refractivity contribution is 7.92. The first kappa shape index (κ1) is 13.9. The minimum absolute atomic E-state index is 0.292. The van der Waals surface area contributed by atoms with Crippen molar-refractivity contribution in [3.8, 4) is 5.75 Å². The van der Waals surface area contributed by atoms with Crippen LogP contribution in [0.3, 0.4) is 0 Å². The quantitative estimate of drug-likeness (QED) is 0.876. The molecule has 0 fully saturated rings. The van der Waals surface area contributed by atoms with Gasteiger partial charge in [-0.15, -0.1) is 0 Å². The second kappa shape index (κ2) is 5.41. The van der Waals surface area contributed by atoms with E-state index in [4.69, 9.17) is 4.74 Å². The highest BCUT2D eigenvalue weighted by Gasteiger charge is 2.28. The number of ether oxygens (including phenoxy) is 1. The van der Waals surface area contributed by atoms with E-state index in [1.807, 2.05) is 24.3 Å². The van der Waals surface area contributed by atoms with Crippen molar-refractivity contribution >= 4 is 15.7 Å². The van der Waals surface area contributed by atoms with Crippen molar-refractivity contribution in [2.24, 2.45) is 0 Å². The molecule has 2 aromatic carbocycles. The number of sulfonamides is 1. The van der Waals surface area contributed by atoms with E-state index in [1.54, 1.807) is 31.4 Å². The van der Waals surface area contributed by atoms with Crippen molar-refractivity contribution in [1.82, 2.24) is 0 Å². The molecule has 0 saturated carbocycles. The van der Waals surface area contributed by atoms with Gasteiger partial charge in [0.05, 0.1) is 17.7 Å². The molecule has 0 spiro atoms. The summed E-state index contributed by atoms with van der Waals surface area (Å²) in [6.45, 7) is 0.519. The minimum Gasteiger partial charge on any atom is -0.497 e. The third-order valence-corrected chi connectivity index (χ3v) is 5.54. The van der Waals surface area contributed by atoms with E-state index in [9.17, 15) is 8.42 Å². The van der Waals surface area contributed by atoms with Crippen LogP contribution in [-0.2, 0) is 16.4 Å². The first-order valence-corrected chi connectivity index (χ1v) is 8.31. The first-order valence-electron chi connectivity index (χ1n) is 6.87. The van der Waals surface area contributed by atoms with Gasteiger partial charge in [-0.25, -0.2) is 8.42 Å². The number of nitrogens with zero attached hydrogens (tertiary/aromatic N) is 1. The maximum atomic E-state index is 12.8. The molecule has 0 N–H and O–H groups in total. The molecule has 0 bridgehead atoms. The van der Waals surface area contributed by atoms with Crippen LogP contribution < -0.4 is 9.04 Å². The van der Waals surface area contributed by atoms with E-state index in [0.717, 1.165) is 24.1 Å². The standard InChI is InChI=1S/C16H17NO3S/c1-20-14-8-10-15(11-9-14)21(18,19)17-12-4-6-13-5-2-3-7-16(13)17/h2-3,5,7-11H,4,6,12H2,1H3. The Balaban J connectivity index is 2.02. The van der Waals surface area contributed by atoms with Crippen LogP contribution in [-0.4, -0.2) is 22.1 Å². The van der Waals surface area contributed by atoms with Gasteiger partial charge in [-0.2, -0.15) is 0 Å². The molecule has 5 heteroatoms. The molecule has 0 atom stereocenters. The number of hydrogen-bond donors (Lipinski definition) is 0. The summed E-state index contributed by atoms with van der Waals surface area (Å²) in [7, 11) is -1.96. The molecular weight excluding hydrogens is 286 g/mol. The van der Waals surface area contributed by atoms with Gasteiger partial charge < -0.3 is 4.74 Å². The van der Waals surface area contributed by atoms with Gasteiger partial charge in [0.15, 0.2) is 0 Å². The van der Waals surface area contributed by atoms with Gasteiger partial charge in [0, 0.05) is 6.54 Å². The average molecular weight is 303 g/mol. The maximum absolute atomic E-state index is 12.8. The summed E-state index contributed by atoms with van der Waals surface area (Å²) in [5.41, 5.74) is 1.88. The Labute approximate surface area is 125 Å². The van der Waals surface area contributed by atoms with Crippen molar-refractivity contribution < 1.29 is 13.2 Å². The lowest BCUT2D eigenvalue weighted by molar-refractivity contribution is 0.414. The van der Waals surface area contributed by atoms with E-state index in [-0.39, 0.29) is 0 Å². The van der Waals surface area contributed by atoms with Gasteiger partial charge in [0.25, 0.3) is 10.0 Å². The van der Waals surface area contributed by atoms with Gasteiger partial charge in [-0.1, -0.05) is 18.2 Å². The number of anilines is 1. The second-order valence-electron chi connectivity index (χ2n) is 4.98. The smallest absolute Gasteiger partial charge is 0.264 e. The third-order valence-electron chi connectivity index (χ3n) is 3.72. The largest absolute Gasteiger partial charge is 0.497 e. The van der Waals surface area contributed by atoms with Crippen LogP contribution in [0.1, 0.15) is 12.0 Å². The molecule has 0 saturated heterocycles. The van der Waals surface area contributed by atoms with Gasteiger partial charge in [0.1, 0.15) is 5.75 Å². The molecule has 0 radical (unpaired) electrons. The molecule has 1 aliphatic heterocycles. The fourth-order valence-electron chi connectivity index (χ4n) is 2.62. The summed E-state index contributed by atoms with van der Waals surface area (Å²) in [5, 5.41) is 0. The molecule has 0 amide bonds. The second-order valence-corrected chi connectivity index (χ2v) is 6.85. The van der Waals surface area contributed by atoms with Crippen molar-refractivity contribution in [2.75, 3.05) is 18.0 Å². The summed E-state index contributed by atoms with van der Waals surface area (Å²) in [4.78, 5) is 0.292. The molecule has 3 rings (SSSR count). The Kier molecular flexibility index (Phi) is 3.59. The van der Waals surface area contributed by atoms with Crippen LogP contribution in [0, 0.1) is 0 Å². The monoisotopic (exact) mass is 303 g/mol. The molecule has 110 valence electrons. The van der Waals surface area contributed by atoms with Crippen molar-refractivity contribution in [1.29, 1.82) is 0 Å². The fourth-order valence-corrected chi connectivity index (χ4v) is 4.16. The SMILES string of the molecule is COc1ccc(S(=O)(=O)N2CCCc3ccccc32)cc1. The van der Waals surface area contributed by atoms with Gasteiger partial charge in [0.2, 0.25) is 0 Å². The maximum Gasteiger partial charge on any atom is 0.264 e. The molecule has 0 aromatic heterocycles. The fraction of sp³-hybridized carbons (Fsp3) is 0.250. The van der Waals surface area contributed by atoms with E-state index in [1.165, 1.54) is 4.31 Å². The lowest BCUT2D eigenvalue weighted by Crippen LogP contribution is -2.35. The highest BCUT2D eigenvalue weighted by atomic mass is 32.2. The van der Waals surface area contributed by atoms with Crippen molar-refractivity contribution in [3.63, 3.8) is 0 Å². The van der Waals surface area contributed by atoms with Crippen LogP contribution >= 0.6 is 0 Å². The van der Waals surface area contributed by atoms with Crippen molar-refractivity contribution in [3.05, 3.63) is 54.1 Å². The Morgan fingerprint density at radius 2 is 1.76 bits per heavy atom. The van der Waals surface area contributed by atoms with Crippen LogP contribution in [0.2, 0.25) is 0 Å². The minimum atomic E-state index is -3.52. The summed E-state index contributed by atoms with van der Waals surface area (Å²) in [5.74, 6) is 0.646. The third kappa shape index (κ3) is 2.49. The molecule has 4 nitrogen and oxygen atoms in total. The van der Waals surface area contributed by atoms with Gasteiger partial charge in [-0.05, 0) is 48.7 Å². The van der Waals surface area contributed by atoms with Crippen LogP contribution in [0.5, 0.6) is 5.75 Å². The Morgan fingerprint density at radius 3 is 2.48 bits per heavy atom. The molecule has 2 aromatic rings. The topological polar surface area (TPSA) is 46.6 Å². The predicted molar refractivity (Wildman–Crippen MR) is 82.3 cm³/mol. The molecule has 1 heterocycles. The normalized spacial score (nSPS) is 14.6. The molecule has 0 aliphatic carbocycles. The zero-order chi connectivity index (χ0) is 14.9. The number of methoxy groups -OCH3 is 1. The van der Waals surface area contributed by atoms with E-state index < -0.39 is 10.0 Å². The van der Waals surface area contributed by atoms with Crippen molar-refractivity contribution in [2.45, 2.75) is 17.7 Å². The predicted octanol–water partition coefficient (Wildman–Crippen LogP) is 2.84. The lowest BCUT2D eigenvalue weighted by Gasteiger charge is -2.30. The van der Waals surface area contributed by atoms with Gasteiger partial charge >= 0.3 is 0 Å². The number of rotatable bonds is 3. The van der Waals surface area contributed by atoms with Gasteiger partial charge in [-0.3, -0.25) is 4.31 Å². The molecule has 1 aliphatic rings. The summed E-state index contributed by atoms with van der Waals surface area (Å²) < 4.78 is 32.3. The zero-order valence-electron chi connectivity index (χ0n) is 11.8. The van der Waals surface area contributed by atoms with E-state index >= 15 is 0 Å². The molecule has 21 heavy (non-hydrogen) atoms. The molecular formula is C16H17NO3S. The Bertz CT molecular complexity index is 738. The first-order chi connectivity index (χ1) is 10.1. The summed E-state index contributed by atoms with van der Waals surface area (Å²) >= 11 is 0. The Hall–Kier alpha value is -2.01. The summed E-state index contributed by atoms with van der Waals surface area (Å²) in [6.07, 6.45) is 1.76. The van der Waals surface area contributed by atoms with E-state index in [0.29, 0.717) is 17.2 Å². The number of para-hydroxylation sites is 1.